The van der Waals surface area contributed by atoms with E-state index in [2.05, 4.69) is 4.90 Å². The van der Waals surface area contributed by atoms with E-state index in [1.807, 2.05) is 13.0 Å². The molecule has 4 nitrogen and oxygen atoms in total. The Balaban J connectivity index is 2.28. The van der Waals surface area contributed by atoms with Gasteiger partial charge < -0.3 is 16.4 Å². The fourth-order valence-electron chi connectivity index (χ4n) is 2.64. The van der Waals surface area contributed by atoms with Crippen molar-refractivity contribution >= 4 is 23.2 Å². The fraction of sp³-hybridized carbons (Fsp3) is 0.500. The van der Waals surface area contributed by atoms with E-state index in [9.17, 15) is 4.79 Å². The van der Waals surface area contributed by atoms with Gasteiger partial charge in [-0.1, -0.05) is 11.6 Å². The molecule has 1 aliphatic heterocycles. The van der Waals surface area contributed by atoms with Gasteiger partial charge in [0.2, 0.25) is 0 Å². The van der Waals surface area contributed by atoms with Gasteiger partial charge in [0.25, 0.3) is 5.91 Å². The van der Waals surface area contributed by atoms with Crippen LogP contribution in [0.4, 0.5) is 5.69 Å². The zero-order valence-corrected chi connectivity index (χ0v) is 11.9. The quantitative estimate of drug-likeness (QED) is 0.890. The molecule has 0 aromatic heterocycles. The number of nitrogens with zero attached hydrogens (tertiary/aromatic N) is 1. The Morgan fingerprint density at radius 1 is 1.53 bits per heavy atom. The SMILES string of the molecule is CC(N)C1CCCN(c2ccc(Cl)cc2C(N)=O)C1. The van der Waals surface area contributed by atoms with Gasteiger partial charge in [-0.3, -0.25) is 4.79 Å². The van der Waals surface area contributed by atoms with E-state index in [0.717, 1.165) is 31.6 Å². The number of anilines is 1. The maximum atomic E-state index is 11.5. The summed E-state index contributed by atoms with van der Waals surface area (Å²) in [4.78, 5) is 13.7. The van der Waals surface area contributed by atoms with Crippen LogP contribution in [-0.2, 0) is 0 Å². The first-order chi connectivity index (χ1) is 8.99. The number of amides is 1. The van der Waals surface area contributed by atoms with Gasteiger partial charge in [0.05, 0.1) is 5.56 Å². The number of hydrogen-bond acceptors (Lipinski definition) is 3. The molecule has 2 unspecified atom stereocenters. The van der Waals surface area contributed by atoms with Crippen LogP contribution in [0.25, 0.3) is 0 Å². The van der Waals surface area contributed by atoms with Crippen molar-refractivity contribution in [2.45, 2.75) is 25.8 Å². The smallest absolute Gasteiger partial charge is 0.250 e. The molecule has 0 radical (unpaired) electrons. The number of rotatable bonds is 3. The second kappa shape index (κ2) is 5.80. The van der Waals surface area contributed by atoms with E-state index in [-0.39, 0.29) is 6.04 Å². The average molecular weight is 282 g/mol. The summed E-state index contributed by atoms with van der Waals surface area (Å²) in [5, 5.41) is 0.526. The highest BCUT2D eigenvalue weighted by Gasteiger charge is 2.25. The Bertz CT molecular complexity index is 476. The largest absolute Gasteiger partial charge is 0.371 e. The molecular formula is C14H20ClN3O. The van der Waals surface area contributed by atoms with Crippen LogP contribution in [0, 0.1) is 5.92 Å². The molecule has 2 atom stereocenters. The van der Waals surface area contributed by atoms with Gasteiger partial charge in [0, 0.05) is 29.8 Å². The number of hydrogen-bond donors (Lipinski definition) is 2. The predicted molar refractivity (Wildman–Crippen MR) is 78.6 cm³/mol. The lowest BCUT2D eigenvalue weighted by atomic mass is 9.91. The van der Waals surface area contributed by atoms with Gasteiger partial charge >= 0.3 is 0 Å². The zero-order valence-electron chi connectivity index (χ0n) is 11.1. The number of carbonyl (C=O) groups is 1. The van der Waals surface area contributed by atoms with Crippen molar-refractivity contribution in [2.75, 3.05) is 18.0 Å². The molecule has 1 aromatic carbocycles. The molecule has 1 saturated heterocycles. The molecule has 4 N–H and O–H groups in total. The normalized spacial score (nSPS) is 21.2. The average Bonchev–Trinajstić information content (AvgIpc) is 2.38. The van der Waals surface area contributed by atoms with E-state index in [4.69, 9.17) is 23.1 Å². The summed E-state index contributed by atoms with van der Waals surface area (Å²) < 4.78 is 0. The minimum atomic E-state index is -0.444. The summed E-state index contributed by atoms with van der Waals surface area (Å²) in [6.45, 7) is 3.82. The second-order valence-electron chi connectivity index (χ2n) is 5.23. The standard InChI is InChI=1S/C14H20ClN3O/c1-9(16)10-3-2-6-18(8-10)13-5-4-11(15)7-12(13)14(17)19/h4-5,7,9-10H,2-3,6,8,16H2,1H3,(H2,17,19). The minimum absolute atomic E-state index is 0.159. The van der Waals surface area contributed by atoms with Gasteiger partial charge in [-0.25, -0.2) is 0 Å². The molecule has 2 rings (SSSR count). The highest BCUT2D eigenvalue weighted by molar-refractivity contribution is 6.31. The second-order valence-corrected chi connectivity index (χ2v) is 5.67. The first kappa shape index (κ1) is 14.2. The Hall–Kier alpha value is -1.26. The lowest BCUT2D eigenvalue weighted by molar-refractivity contribution is 0.100. The summed E-state index contributed by atoms with van der Waals surface area (Å²) in [5.74, 6) is 0.00516. The monoisotopic (exact) mass is 281 g/mol. The van der Waals surface area contributed by atoms with Crippen LogP contribution >= 0.6 is 11.6 Å². The van der Waals surface area contributed by atoms with Gasteiger partial charge in [-0.15, -0.1) is 0 Å². The van der Waals surface area contributed by atoms with E-state index in [0.29, 0.717) is 16.5 Å². The van der Waals surface area contributed by atoms with Crippen molar-refractivity contribution < 1.29 is 4.79 Å². The number of halogens is 1. The summed E-state index contributed by atoms with van der Waals surface area (Å²) in [5.41, 5.74) is 12.8. The van der Waals surface area contributed by atoms with Crippen LogP contribution in [-0.4, -0.2) is 25.0 Å². The van der Waals surface area contributed by atoms with Crippen molar-refractivity contribution in [3.8, 4) is 0 Å². The van der Waals surface area contributed by atoms with Crippen LogP contribution < -0.4 is 16.4 Å². The highest BCUT2D eigenvalue weighted by Crippen LogP contribution is 2.29. The maximum absolute atomic E-state index is 11.5. The van der Waals surface area contributed by atoms with E-state index in [1.165, 1.54) is 0 Å². The molecule has 0 spiro atoms. The first-order valence-electron chi connectivity index (χ1n) is 6.59. The van der Waals surface area contributed by atoms with Crippen LogP contribution in [0.15, 0.2) is 18.2 Å². The summed E-state index contributed by atoms with van der Waals surface area (Å²) >= 11 is 5.93. The molecule has 0 saturated carbocycles. The number of piperidine rings is 1. The lowest BCUT2D eigenvalue weighted by Crippen LogP contribution is -2.43. The molecule has 1 fully saturated rings. The van der Waals surface area contributed by atoms with Crippen molar-refractivity contribution in [3.63, 3.8) is 0 Å². The Morgan fingerprint density at radius 3 is 2.89 bits per heavy atom. The molecule has 104 valence electrons. The number of carbonyl (C=O) groups excluding carboxylic acids is 1. The van der Waals surface area contributed by atoms with E-state index < -0.39 is 5.91 Å². The van der Waals surface area contributed by atoms with Gasteiger partial charge in [-0.05, 0) is 43.9 Å². The molecule has 1 aromatic rings. The molecular weight excluding hydrogens is 262 g/mol. The third-order valence-corrected chi connectivity index (χ3v) is 4.00. The molecule has 19 heavy (non-hydrogen) atoms. The van der Waals surface area contributed by atoms with Crippen molar-refractivity contribution in [1.29, 1.82) is 0 Å². The van der Waals surface area contributed by atoms with Crippen LogP contribution in [0.5, 0.6) is 0 Å². The topological polar surface area (TPSA) is 72.3 Å². The number of nitrogens with two attached hydrogens (primary N) is 2. The van der Waals surface area contributed by atoms with E-state index >= 15 is 0 Å². The van der Waals surface area contributed by atoms with Crippen LogP contribution in [0.2, 0.25) is 5.02 Å². The summed E-state index contributed by atoms with van der Waals surface area (Å²) in [6.07, 6.45) is 2.21. The number of benzene rings is 1. The van der Waals surface area contributed by atoms with Crippen LogP contribution in [0.3, 0.4) is 0 Å². The van der Waals surface area contributed by atoms with Crippen molar-refractivity contribution in [2.24, 2.45) is 17.4 Å². The first-order valence-corrected chi connectivity index (χ1v) is 6.96. The van der Waals surface area contributed by atoms with Gasteiger partial charge in [-0.2, -0.15) is 0 Å². The maximum Gasteiger partial charge on any atom is 0.250 e. The minimum Gasteiger partial charge on any atom is -0.371 e. The third-order valence-electron chi connectivity index (χ3n) is 3.77. The lowest BCUT2D eigenvalue weighted by Gasteiger charge is -2.36. The molecule has 1 heterocycles. The van der Waals surface area contributed by atoms with Gasteiger partial charge in [0.1, 0.15) is 0 Å². The molecule has 5 heteroatoms. The molecule has 0 aliphatic carbocycles. The van der Waals surface area contributed by atoms with Crippen LogP contribution in [0.1, 0.15) is 30.1 Å². The Morgan fingerprint density at radius 2 is 2.26 bits per heavy atom. The summed E-state index contributed by atoms with van der Waals surface area (Å²) in [7, 11) is 0. The molecule has 1 aliphatic rings. The predicted octanol–water partition coefficient (Wildman–Crippen LogP) is 2.00. The number of primary amides is 1. The zero-order chi connectivity index (χ0) is 14.0. The van der Waals surface area contributed by atoms with Crippen molar-refractivity contribution in [3.05, 3.63) is 28.8 Å². The summed E-state index contributed by atoms with van der Waals surface area (Å²) in [6, 6.07) is 5.45. The van der Waals surface area contributed by atoms with Gasteiger partial charge in [0.15, 0.2) is 0 Å². The Kier molecular flexibility index (Phi) is 4.32. The third kappa shape index (κ3) is 3.19. The molecule has 0 bridgehead atoms. The van der Waals surface area contributed by atoms with Crippen molar-refractivity contribution in [1.82, 2.24) is 0 Å². The highest BCUT2D eigenvalue weighted by atomic mass is 35.5. The fourth-order valence-corrected chi connectivity index (χ4v) is 2.81. The molecule has 1 amide bonds. The van der Waals surface area contributed by atoms with E-state index in [1.54, 1.807) is 12.1 Å². The Labute approximate surface area is 118 Å².